The fraction of sp³-hybridized carbons (Fsp3) is 0.115. The molecule has 7 nitrogen and oxygen atoms in total. The number of benzene rings is 2. The maximum absolute atomic E-state index is 9.13. The number of pyridine rings is 1. The maximum Gasteiger partial charge on any atom is 0.230 e. The predicted octanol–water partition coefficient (Wildman–Crippen LogP) is 5.35. The lowest BCUT2D eigenvalue weighted by molar-refractivity contribution is 1.18. The number of allylic oxidation sites excluding steroid dienone is 1. The van der Waals surface area contributed by atoms with E-state index in [1.807, 2.05) is 57.2 Å². The lowest BCUT2D eigenvalue weighted by atomic mass is 9.92. The topological polar surface area (TPSA) is 124 Å². The molecule has 2 aromatic carbocycles. The van der Waals surface area contributed by atoms with E-state index in [4.69, 9.17) is 21.2 Å². The first kappa shape index (κ1) is 21.5. The number of anilines is 3. The first-order valence-corrected chi connectivity index (χ1v) is 10.3. The second kappa shape index (κ2) is 8.78. The molecule has 0 spiro atoms. The Morgan fingerprint density at radius 3 is 2.42 bits per heavy atom. The molecule has 0 aliphatic carbocycles. The SMILES string of the molecule is Cc1cc(Nc2nc(N)c3cccc(-c4c(C)cc(C=CC#N)cc4C)c3n2)ncc1C#N. The highest BCUT2D eigenvalue weighted by atomic mass is 15.2. The molecule has 0 saturated heterocycles. The van der Waals surface area contributed by atoms with Gasteiger partial charge in [-0.25, -0.2) is 9.97 Å². The van der Waals surface area contributed by atoms with Crippen LogP contribution in [0.1, 0.15) is 27.8 Å². The smallest absolute Gasteiger partial charge is 0.230 e. The summed E-state index contributed by atoms with van der Waals surface area (Å²) in [7, 11) is 0. The van der Waals surface area contributed by atoms with Crippen molar-refractivity contribution < 1.29 is 0 Å². The van der Waals surface area contributed by atoms with Crippen LogP contribution in [-0.4, -0.2) is 15.0 Å². The van der Waals surface area contributed by atoms with Gasteiger partial charge in [0.1, 0.15) is 17.7 Å². The number of nitrogens with zero attached hydrogens (tertiary/aromatic N) is 5. The monoisotopic (exact) mass is 431 g/mol. The number of nitriles is 2. The normalized spacial score (nSPS) is 10.8. The zero-order valence-corrected chi connectivity index (χ0v) is 18.5. The summed E-state index contributed by atoms with van der Waals surface area (Å²) in [5.41, 5.74) is 13.4. The van der Waals surface area contributed by atoms with E-state index < -0.39 is 0 Å². The summed E-state index contributed by atoms with van der Waals surface area (Å²) in [6, 6.07) is 15.9. The Labute approximate surface area is 191 Å². The molecule has 0 bridgehead atoms. The van der Waals surface area contributed by atoms with Gasteiger partial charge in [-0.3, -0.25) is 0 Å². The number of rotatable bonds is 4. The van der Waals surface area contributed by atoms with E-state index in [0.29, 0.717) is 23.1 Å². The first-order chi connectivity index (χ1) is 15.9. The summed E-state index contributed by atoms with van der Waals surface area (Å²) < 4.78 is 0. The van der Waals surface area contributed by atoms with Crippen LogP contribution in [0.25, 0.3) is 28.1 Å². The van der Waals surface area contributed by atoms with E-state index in [1.165, 1.54) is 12.3 Å². The lowest BCUT2D eigenvalue weighted by Gasteiger charge is -2.15. The third kappa shape index (κ3) is 4.21. The van der Waals surface area contributed by atoms with Crippen LogP contribution in [-0.2, 0) is 0 Å². The standard InChI is InChI=1S/C26H21N7/c1-15-12-22(30-14-19(15)13-28)31-26-32-24-20(7-4-8-21(24)25(29)33-26)23-16(2)10-18(6-5-9-27)11-17(23)3/h4-8,10-12,14H,1-3H3,(H3,29,30,31,32,33). The summed E-state index contributed by atoms with van der Waals surface area (Å²) in [5.74, 6) is 1.22. The molecule has 0 fully saturated rings. The quantitative estimate of drug-likeness (QED) is 0.417. The molecule has 160 valence electrons. The highest BCUT2D eigenvalue weighted by Crippen LogP contribution is 2.35. The Hall–Kier alpha value is -4.75. The van der Waals surface area contributed by atoms with E-state index >= 15 is 0 Å². The molecule has 0 unspecified atom stereocenters. The minimum Gasteiger partial charge on any atom is -0.383 e. The number of para-hydroxylation sites is 1. The highest BCUT2D eigenvalue weighted by molar-refractivity contribution is 6.00. The average molecular weight is 432 g/mol. The van der Waals surface area contributed by atoms with E-state index in [-0.39, 0.29) is 0 Å². The van der Waals surface area contributed by atoms with E-state index in [1.54, 1.807) is 12.1 Å². The molecule has 2 aromatic heterocycles. The van der Waals surface area contributed by atoms with Crippen LogP contribution < -0.4 is 11.1 Å². The summed E-state index contributed by atoms with van der Waals surface area (Å²) in [5, 5.41) is 21.8. The average Bonchev–Trinajstić information content (AvgIpc) is 2.78. The number of hydrogen-bond acceptors (Lipinski definition) is 7. The summed E-state index contributed by atoms with van der Waals surface area (Å²) >= 11 is 0. The van der Waals surface area contributed by atoms with E-state index in [2.05, 4.69) is 21.4 Å². The Morgan fingerprint density at radius 2 is 1.76 bits per heavy atom. The van der Waals surface area contributed by atoms with Crippen LogP contribution >= 0.6 is 0 Å². The van der Waals surface area contributed by atoms with Crippen LogP contribution in [0.3, 0.4) is 0 Å². The second-order valence-electron chi connectivity index (χ2n) is 7.75. The third-order valence-corrected chi connectivity index (χ3v) is 5.40. The van der Waals surface area contributed by atoms with Crippen molar-refractivity contribution in [3.63, 3.8) is 0 Å². The maximum atomic E-state index is 9.13. The van der Waals surface area contributed by atoms with Gasteiger partial charge in [0.15, 0.2) is 0 Å². The van der Waals surface area contributed by atoms with E-state index in [9.17, 15) is 0 Å². The van der Waals surface area contributed by atoms with Crippen LogP contribution in [0.15, 0.2) is 48.7 Å². The van der Waals surface area contributed by atoms with Crippen LogP contribution in [0.4, 0.5) is 17.6 Å². The minimum atomic E-state index is 0.327. The van der Waals surface area contributed by atoms with Crippen molar-refractivity contribution >= 4 is 34.6 Å². The van der Waals surface area contributed by atoms with Crippen LogP contribution in [0.2, 0.25) is 0 Å². The molecule has 7 heteroatoms. The Kier molecular flexibility index (Phi) is 5.71. The number of aromatic nitrogens is 3. The Balaban J connectivity index is 1.84. The Morgan fingerprint density at radius 1 is 1.00 bits per heavy atom. The molecule has 0 aliphatic rings. The molecule has 33 heavy (non-hydrogen) atoms. The van der Waals surface area contributed by atoms with Gasteiger partial charge in [0.2, 0.25) is 5.95 Å². The van der Waals surface area contributed by atoms with Gasteiger partial charge in [-0.2, -0.15) is 15.5 Å². The highest BCUT2D eigenvalue weighted by Gasteiger charge is 2.15. The molecule has 2 heterocycles. The van der Waals surface area contributed by atoms with Gasteiger partial charge in [-0.1, -0.05) is 24.3 Å². The van der Waals surface area contributed by atoms with Crippen molar-refractivity contribution in [2.24, 2.45) is 0 Å². The number of hydrogen-bond donors (Lipinski definition) is 2. The Bertz CT molecular complexity index is 1480. The van der Waals surface area contributed by atoms with Crippen molar-refractivity contribution in [2.75, 3.05) is 11.1 Å². The molecule has 0 radical (unpaired) electrons. The molecule has 0 atom stereocenters. The molecule has 0 aliphatic heterocycles. The molecule has 4 rings (SSSR count). The van der Waals surface area contributed by atoms with Crippen molar-refractivity contribution in [2.45, 2.75) is 20.8 Å². The summed E-state index contributed by atoms with van der Waals surface area (Å²) in [4.78, 5) is 13.5. The van der Waals surface area contributed by atoms with Gasteiger partial charge in [0.25, 0.3) is 0 Å². The van der Waals surface area contributed by atoms with E-state index in [0.717, 1.165) is 44.3 Å². The van der Waals surface area contributed by atoms with Gasteiger partial charge < -0.3 is 11.1 Å². The van der Waals surface area contributed by atoms with Crippen molar-refractivity contribution in [3.8, 4) is 23.3 Å². The summed E-state index contributed by atoms with van der Waals surface area (Å²) in [6.45, 7) is 5.93. The van der Waals surface area contributed by atoms with Crippen LogP contribution in [0.5, 0.6) is 0 Å². The van der Waals surface area contributed by atoms with Crippen molar-refractivity contribution in [1.29, 1.82) is 10.5 Å². The molecule has 0 amide bonds. The number of nitrogen functional groups attached to an aromatic ring is 1. The largest absolute Gasteiger partial charge is 0.383 e. The zero-order valence-electron chi connectivity index (χ0n) is 18.5. The fourth-order valence-corrected chi connectivity index (χ4v) is 3.94. The number of aryl methyl sites for hydroxylation is 3. The zero-order chi connectivity index (χ0) is 23.5. The van der Waals surface area contributed by atoms with Gasteiger partial charge in [0, 0.05) is 23.2 Å². The predicted molar refractivity (Wildman–Crippen MR) is 130 cm³/mol. The van der Waals surface area contributed by atoms with Gasteiger partial charge in [-0.05, 0) is 66.8 Å². The fourth-order valence-electron chi connectivity index (χ4n) is 3.94. The molecule has 3 N–H and O–H groups in total. The van der Waals surface area contributed by atoms with Gasteiger partial charge in [-0.15, -0.1) is 0 Å². The first-order valence-electron chi connectivity index (χ1n) is 10.3. The molecular weight excluding hydrogens is 410 g/mol. The lowest BCUT2D eigenvalue weighted by Crippen LogP contribution is -2.04. The van der Waals surface area contributed by atoms with Crippen molar-refractivity contribution in [3.05, 3.63) is 76.5 Å². The molecular formula is C26H21N7. The van der Waals surface area contributed by atoms with Crippen molar-refractivity contribution in [1.82, 2.24) is 15.0 Å². The molecule has 4 aromatic rings. The minimum absolute atomic E-state index is 0.327. The number of nitrogens with one attached hydrogen (secondary N) is 1. The second-order valence-corrected chi connectivity index (χ2v) is 7.75. The van der Waals surface area contributed by atoms with Gasteiger partial charge in [0.05, 0.1) is 17.1 Å². The summed E-state index contributed by atoms with van der Waals surface area (Å²) in [6.07, 6.45) is 4.78. The number of fused-ring (bicyclic) bond motifs is 1. The number of nitrogens with two attached hydrogens (primary N) is 1. The van der Waals surface area contributed by atoms with Crippen LogP contribution in [0, 0.1) is 43.4 Å². The van der Waals surface area contributed by atoms with Gasteiger partial charge >= 0.3 is 0 Å². The molecule has 0 saturated carbocycles. The third-order valence-electron chi connectivity index (χ3n) is 5.40.